The molecule has 4 rings (SSSR count). The first-order valence-electron chi connectivity index (χ1n) is 9.09. The number of imidazole rings is 1. The van der Waals surface area contributed by atoms with Gasteiger partial charge in [-0.1, -0.05) is 6.92 Å². The minimum Gasteiger partial charge on any atom is -0.356 e. The van der Waals surface area contributed by atoms with Gasteiger partial charge >= 0.3 is 0 Å². The molecule has 24 heavy (non-hydrogen) atoms. The second-order valence-electron chi connectivity index (χ2n) is 7.16. The van der Waals surface area contributed by atoms with Gasteiger partial charge in [-0.3, -0.25) is 0 Å². The Kier molecular flexibility index (Phi) is 4.36. The predicted molar refractivity (Wildman–Crippen MR) is 95.4 cm³/mol. The van der Waals surface area contributed by atoms with Crippen molar-refractivity contribution in [3.8, 4) is 0 Å². The van der Waals surface area contributed by atoms with Crippen LogP contribution in [-0.2, 0) is 0 Å². The Morgan fingerprint density at radius 1 is 1.00 bits per heavy atom. The third-order valence-corrected chi connectivity index (χ3v) is 5.35. The van der Waals surface area contributed by atoms with Crippen LogP contribution >= 0.6 is 0 Å². The maximum atomic E-state index is 4.53. The molecule has 0 saturated carbocycles. The lowest BCUT2D eigenvalue weighted by Gasteiger charge is -2.35. The van der Waals surface area contributed by atoms with E-state index in [1.807, 2.05) is 12.5 Å². The van der Waals surface area contributed by atoms with Crippen LogP contribution in [0, 0.1) is 5.92 Å². The Bertz CT molecular complexity index is 647. The summed E-state index contributed by atoms with van der Waals surface area (Å²) >= 11 is 0. The fourth-order valence-corrected chi connectivity index (χ4v) is 3.96. The van der Waals surface area contributed by atoms with E-state index in [4.69, 9.17) is 0 Å². The molecule has 0 bridgehead atoms. The summed E-state index contributed by atoms with van der Waals surface area (Å²) in [7, 11) is 0. The average molecular weight is 326 g/mol. The van der Waals surface area contributed by atoms with Crippen LogP contribution in [0.1, 0.15) is 38.6 Å². The van der Waals surface area contributed by atoms with Crippen LogP contribution in [0.2, 0.25) is 0 Å². The van der Waals surface area contributed by atoms with Gasteiger partial charge in [-0.25, -0.2) is 15.0 Å². The van der Waals surface area contributed by atoms with Gasteiger partial charge in [0.1, 0.15) is 18.0 Å². The summed E-state index contributed by atoms with van der Waals surface area (Å²) in [5.74, 6) is 2.91. The standard InChI is InChI=1S/C18H26N6/c1-15-3-2-7-23(12-15)18-11-17(20-13-21-18)22-8-4-16(5-9-22)24-10-6-19-14-24/h6,10-11,13-16H,2-5,7-9,12H2,1H3. The number of nitrogens with zero attached hydrogens (tertiary/aromatic N) is 6. The molecule has 4 heterocycles. The summed E-state index contributed by atoms with van der Waals surface area (Å²) in [6.07, 6.45) is 12.5. The molecule has 1 atom stereocenters. The van der Waals surface area contributed by atoms with Gasteiger partial charge in [0.15, 0.2) is 0 Å². The van der Waals surface area contributed by atoms with Crippen LogP contribution in [0.25, 0.3) is 0 Å². The van der Waals surface area contributed by atoms with Crippen LogP contribution in [-0.4, -0.2) is 45.7 Å². The molecule has 0 amide bonds. The molecule has 0 aromatic carbocycles. The lowest BCUT2D eigenvalue weighted by molar-refractivity contribution is 0.394. The van der Waals surface area contributed by atoms with Gasteiger partial charge in [-0.2, -0.15) is 0 Å². The van der Waals surface area contributed by atoms with E-state index in [-0.39, 0.29) is 0 Å². The normalized spacial score (nSPS) is 22.8. The zero-order chi connectivity index (χ0) is 16.4. The molecule has 128 valence electrons. The summed E-state index contributed by atoms with van der Waals surface area (Å²) in [6.45, 7) is 6.63. The molecule has 2 aliphatic heterocycles. The number of hydrogen-bond acceptors (Lipinski definition) is 5. The summed E-state index contributed by atoms with van der Waals surface area (Å²) in [5.41, 5.74) is 0. The molecular weight excluding hydrogens is 300 g/mol. The molecule has 1 unspecified atom stereocenters. The molecular formula is C18H26N6. The Balaban J connectivity index is 1.42. The Morgan fingerprint density at radius 2 is 1.79 bits per heavy atom. The van der Waals surface area contributed by atoms with Gasteiger partial charge in [0, 0.05) is 50.7 Å². The van der Waals surface area contributed by atoms with Crippen molar-refractivity contribution in [2.24, 2.45) is 5.92 Å². The van der Waals surface area contributed by atoms with E-state index < -0.39 is 0 Å². The van der Waals surface area contributed by atoms with Gasteiger partial charge in [0.05, 0.1) is 6.33 Å². The summed E-state index contributed by atoms with van der Waals surface area (Å²) < 4.78 is 2.23. The molecule has 2 aliphatic rings. The minimum atomic E-state index is 0.563. The van der Waals surface area contributed by atoms with E-state index in [2.05, 4.69) is 48.5 Å². The zero-order valence-electron chi connectivity index (χ0n) is 14.4. The largest absolute Gasteiger partial charge is 0.356 e. The smallest absolute Gasteiger partial charge is 0.134 e. The molecule has 0 radical (unpaired) electrons. The maximum Gasteiger partial charge on any atom is 0.134 e. The van der Waals surface area contributed by atoms with Gasteiger partial charge in [-0.15, -0.1) is 0 Å². The van der Waals surface area contributed by atoms with Crippen LogP contribution in [0.4, 0.5) is 11.6 Å². The van der Waals surface area contributed by atoms with Crippen molar-refractivity contribution >= 4 is 11.6 Å². The lowest BCUT2D eigenvalue weighted by Crippen LogP contribution is -2.36. The zero-order valence-corrected chi connectivity index (χ0v) is 14.4. The number of hydrogen-bond donors (Lipinski definition) is 0. The maximum absolute atomic E-state index is 4.53. The fraction of sp³-hybridized carbons (Fsp3) is 0.611. The number of anilines is 2. The van der Waals surface area contributed by atoms with E-state index in [1.54, 1.807) is 6.33 Å². The number of rotatable bonds is 3. The van der Waals surface area contributed by atoms with Gasteiger partial charge in [-0.05, 0) is 31.6 Å². The van der Waals surface area contributed by atoms with Crippen molar-refractivity contribution < 1.29 is 0 Å². The molecule has 6 heteroatoms. The Hall–Kier alpha value is -2.11. The lowest BCUT2D eigenvalue weighted by atomic mass is 10.0. The second kappa shape index (κ2) is 6.79. The van der Waals surface area contributed by atoms with Crippen molar-refractivity contribution in [1.82, 2.24) is 19.5 Å². The fourth-order valence-electron chi connectivity index (χ4n) is 3.96. The van der Waals surface area contributed by atoms with Crippen LogP contribution in [0.5, 0.6) is 0 Å². The van der Waals surface area contributed by atoms with Gasteiger partial charge in [0.2, 0.25) is 0 Å². The van der Waals surface area contributed by atoms with Crippen LogP contribution < -0.4 is 9.80 Å². The SMILES string of the molecule is CC1CCCN(c2cc(N3CCC(n4ccnc4)CC3)ncn2)C1. The first kappa shape index (κ1) is 15.4. The summed E-state index contributed by atoms with van der Waals surface area (Å²) in [6, 6.07) is 2.74. The first-order valence-corrected chi connectivity index (χ1v) is 9.09. The van der Waals surface area contributed by atoms with Crippen molar-refractivity contribution in [3.63, 3.8) is 0 Å². The van der Waals surface area contributed by atoms with E-state index in [0.717, 1.165) is 56.6 Å². The highest BCUT2D eigenvalue weighted by atomic mass is 15.2. The quantitative estimate of drug-likeness (QED) is 0.868. The molecule has 2 aromatic rings. The number of aromatic nitrogens is 4. The molecule has 0 N–H and O–H groups in total. The average Bonchev–Trinajstić information content (AvgIpc) is 3.17. The molecule has 6 nitrogen and oxygen atoms in total. The van der Waals surface area contributed by atoms with E-state index in [1.165, 1.54) is 12.8 Å². The van der Waals surface area contributed by atoms with Crippen molar-refractivity contribution in [1.29, 1.82) is 0 Å². The van der Waals surface area contributed by atoms with Gasteiger partial charge in [0.25, 0.3) is 0 Å². The summed E-state index contributed by atoms with van der Waals surface area (Å²) in [5, 5.41) is 0. The molecule has 0 spiro atoms. The monoisotopic (exact) mass is 326 g/mol. The van der Waals surface area contributed by atoms with E-state index in [9.17, 15) is 0 Å². The third kappa shape index (κ3) is 3.23. The second-order valence-corrected chi connectivity index (χ2v) is 7.16. The van der Waals surface area contributed by atoms with Crippen LogP contribution in [0.15, 0.2) is 31.1 Å². The van der Waals surface area contributed by atoms with Crippen molar-refractivity contribution in [2.75, 3.05) is 36.0 Å². The first-order chi connectivity index (χ1) is 11.8. The Morgan fingerprint density at radius 3 is 2.50 bits per heavy atom. The highest BCUT2D eigenvalue weighted by Gasteiger charge is 2.23. The Labute approximate surface area is 143 Å². The van der Waals surface area contributed by atoms with Crippen molar-refractivity contribution in [2.45, 2.75) is 38.6 Å². The molecule has 0 aliphatic carbocycles. The molecule has 2 aromatic heterocycles. The minimum absolute atomic E-state index is 0.563. The molecule has 2 fully saturated rings. The van der Waals surface area contributed by atoms with Gasteiger partial charge < -0.3 is 14.4 Å². The number of piperidine rings is 2. The highest BCUT2D eigenvalue weighted by molar-refractivity contribution is 5.50. The van der Waals surface area contributed by atoms with Crippen LogP contribution in [0.3, 0.4) is 0 Å². The third-order valence-electron chi connectivity index (χ3n) is 5.35. The van der Waals surface area contributed by atoms with E-state index >= 15 is 0 Å². The summed E-state index contributed by atoms with van der Waals surface area (Å²) in [4.78, 5) is 18.0. The highest BCUT2D eigenvalue weighted by Crippen LogP contribution is 2.28. The predicted octanol–water partition coefficient (Wildman–Crippen LogP) is 2.75. The van der Waals surface area contributed by atoms with Crippen molar-refractivity contribution in [3.05, 3.63) is 31.1 Å². The topological polar surface area (TPSA) is 50.1 Å². The molecule has 2 saturated heterocycles. The van der Waals surface area contributed by atoms with E-state index in [0.29, 0.717) is 6.04 Å².